The summed E-state index contributed by atoms with van der Waals surface area (Å²) in [5.41, 5.74) is 0.888. The average Bonchev–Trinajstić information content (AvgIpc) is 2.35. The number of benzene rings is 1. The van der Waals surface area contributed by atoms with Gasteiger partial charge in [0.1, 0.15) is 16.7 Å². The van der Waals surface area contributed by atoms with Crippen molar-refractivity contribution in [2.75, 3.05) is 6.61 Å². The van der Waals surface area contributed by atoms with Gasteiger partial charge in [-0.2, -0.15) is 0 Å². The van der Waals surface area contributed by atoms with E-state index in [2.05, 4.69) is 9.97 Å². The molecule has 3 nitrogen and oxygen atoms in total. The predicted octanol–water partition coefficient (Wildman–Crippen LogP) is 3.06. The summed E-state index contributed by atoms with van der Waals surface area (Å²) in [5.74, 6) is 1.56. The van der Waals surface area contributed by atoms with E-state index in [0.717, 1.165) is 11.3 Å². The second-order valence-corrected chi connectivity index (χ2v) is 4.03. The van der Waals surface area contributed by atoms with E-state index in [0.29, 0.717) is 24.0 Å². The molecule has 0 amide bonds. The predicted molar refractivity (Wildman–Crippen MR) is 67.4 cm³/mol. The van der Waals surface area contributed by atoms with E-state index in [1.807, 2.05) is 37.3 Å². The van der Waals surface area contributed by atoms with Crippen LogP contribution in [0.5, 0.6) is 5.75 Å². The Bertz CT molecular complexity index is 488. The van der Waals surface area contributed by atoms with Crippen molar-refractivity contribution in [3.63, 3.8) is 0 Å². The van der Waals surface area contributed by atoms with E-state index in [9.17, 15) is 0 Å². The number of aromatic nitrogens is 2. The van der Waals surface area contributed by atoms with Gasteiger partial charge in [0.2, 0.25) is 0 Å². The van der Waals surface area contributed by atoms with Crippen LogP contribution in [0.4, 0.5) is 0 Å². The third-order valence-corrected chi connectivity index (χ3v) is 2.68. The van der Waals surface area contributed by atoms with Crippen LogP contribution in [0.3, 0.4) is 0 Å². The number of hydrogen-bond donors (Lipinski definition) is 0. The van der Waals surface area contributed by atoms with Crippen molar-refractivity contribution >= 4 is 11.6 Å². The molecule has 1 aromatic heterocycles. The molecule has 17 heavy (non-hydrogen) atoms. The Hall–Kier alpha value is -1.61. The molecule has 0 spiro atoms. The van der Waals surface area contributed by atoms with Crippen molar-refractivity contribution in [1.82, 2.24) is 9.97 Å². The molecular formula is C13H13ClN2O. The van der Waals surface area contributed by atoms with Gasteiger partial charge in [-0.15, -0.1) is 0 Å². The number of halogens is 1. The topological polar surface area (TPSA) is 35.0 Å². The van der Waals surface area contributed by atoms with Gasteiger partial charge in [0.15, 0.2) is 0 Å². The maximum absolute atomic E-state index is 5.92. The van der Waals surface area contributed by atoms with Crippen LogP contribution in [-0.2, 0) is 6.42 Å². The molecule has 0 radical (unpaired) electrons. The zero-order valence-electron chi connectivity index (χ0n) is 9.56. The Labute approximate surface area is 105 Å². The number of ether oxygens (including phenoxy) is 1. The lowest BCUT2D eigenvalue weighted by Crippen LogP contribution is -2.05. The molecule has 0 aliphatic rings. The first kappa shape index (κ1) is 11.9. The standard InChI is InChI=1S/C13H13ClN2O/c1-10-9-15-12(16-13(10)14)7-8-17-11-5-3-2-4-6-11/h2-6,9H,7-8H2,1H3. The maximum atomic E-state index is 5.92. The van der Waals surface area contributed by atoms with E-state index < -0.39 is 0 Å². The third-order valence-electron chi connectivity index (χ3n) is 2.30. The molecule has 0 bridgehead atoms. The first-order valence-electron chi connectivity index (χ1n) is 5.41. The minimum Gasteiger partial charge on any atom is -0.493 e. The molecule has 1 heterocycles. The Morgan fingerprint density at radius 1 is 1.24 bits per heavy atom. The Balaban J connectivity index is 1.88. The second-order valence-electron chi connectivity index (χ2n) is 3.67. The van der Waals surface area contributed by atoms with Crippen molar-refractivity contribution < 1.29 is 4.74 Å². The zero-order valence-corrected chi connectivity index (χ0v) is 10.3. The number of aryl methyl sites for hydroxylation is 1. The second kappa shape index (κ2) is 5.64. The molecule has 88 valence electrons. The highest BCUT2D eigenvalue weighted by molar-refractivity contribution is 6.30. The quantitative estimate of drug-likeness (QED) is 0.780. The van der Waals surface area contributed by atoms with Crippen LogP contribution in [0.25, 0.3) is 0 Å². The lowest BCUT2D eigenvalue weighted by Gasteiger charge is -2.05. The molecule has 0 aliphatic carbocycles. The van der Waals surface area contributed by atoms with Crippen LogP contribution < -0.4 is 4.74 Å². The van der Waals surface area contributed by atoms with Crippen LogP contribution in [0.2, 0.25) is 5.15 Å². The molecule has 1 aromatic carbocycles. The molecule has 0 aliphatic heterocycles. The molecule has 0 fully saturated rings. The molecule has 4 heteroatoms. The van der Waals surface area contributed by atoms with Gasteiger partial charge in [-0.25, -0.2) is 9.97 Å². The highest BCUT2D eigenvalue weighted by Crippen LogP contribution is 2.11. The lowest BCUT2D eigenvalue weighted by molar-refractivity contribution is 0.319. The fourth-order valence-electron chi connectivity index (χ4n) is 1.35. The van der Waals surface area contributed by atoms with Gasteiger partial charge in [-0.1, -0.05) is 29.8 Å². The minimum atomic E-state index is 0.509. The van der Waals surface area contributed by atoms with Crippen molar-refractivity contribution in [2.45, 2.75) is 13.3 Å². The summed E-state index contributed by atoms with van der Waals surface area (Å²) in [6, 6.07) is 9.67. The Morgan fingerprint density at radius 3 is 2.71 bits per heavy atom. The first-order valence-corrected chi connectivity index (χ1v) is 5.79. The normalized spacial score (nSPS) is 10.2. The van der Waals surface area contributed by atoms with Crippen LogP contribution in [0, 0.1) is 6.92 Å². The summed E-state index contributed by atoms with van der Waals surface area (Å²) in [6.07, 6.45) is 2.38. The number of para-hydroxylation sites is 1. The summed E-state index contributed by atoms with van der Waals surface area (Å²) >= 11 is 5.92. The smallest absolute Gasteiger partial charge is 0.135 e. The maximum Gasteiger partial charge on any atom is 0.135 e. The molecule has 0 saturated carbocycles. The first-order chi connectivity index (χ1) is 8.25. The van der Waals surface area contributed by atoms with Crippen LogP contribution in [0.1, 0.15) is 11.4 Å². The van der Waals surface area contributed by atoms with Crippen LogP contribution in [0.15, 0.2) is 36.5 Å². The zero-order chi connectivity index (χ0) is 12.1. The number of nitrogens with zero attached hydrogens (tertiary/aromatic N) is 2. The molecule has 2 rings (SSSR count). The van der Waals surface area contributed by atoms with Gasteiger partial charge in [0.25, 0.3) is 0 Å². The Kier molecular flexibility index (Phi) is 3.94. The van der Waals surface area contributed by atoms with Crippen molar-refractivity contribution in [1.29, 1.82) is 0 Å². The van der Waals surface area contributed by atoms with Gasteiger partial charge >= 0.3 is 0 Å². The fourth-order valence-corrected chi connectivity index (χ4v) is 1.50. The molecular weight excluding hydrogens is 236 g/mol. The summed E-state index contributed by atoms with van der Waals surface area (Å²) in [6.45, 7) is 2.43. The minimum absolute atomic E-state index is 0.509. The van der Waals surface area contributed by atoms with E-state index in [1.165, 1.54) is 0 Å². The van der Waals surface area contributed by atoms with E-state index in [1.54, 1.807) is 6.20 Å². The van der Waals surface area contributed by atoms with E-state index in [4.69, 9.17) is 16.3 Å². The summed E-state index contributed by atoms with van der Waals surface area (Å²) < 4.78 is 5.56. The molecule has 0 saturated heterocycles. The molecule has 2 aromatic rings. The van der Waals surface area contributed by atoms with Crippen molar-refractivity contribution in [2.24, 2.45) is 0 Å². The van der Waals surface area contributed by atoms with Gasteiger partial charge in [-0.05, 0) is 19.1 Å². The highest BCUT2D eigenvalue weighted by atomic mass is 35.5. The molecule has 0 N–H and O–H groups in total. The van der Waals surface area contributed by atoms with E-state index in [-0.39, 0.29) is 0 Å². The van der Waals surface area contributed by atoms with Crippen LogP contribution in [-0.4, -0.2) is 16.6 Å². The summed E-state index contributed by atoms with van der Waals surface area (Å²) in [5, 5.41) is 0.509. The van der Waals surface area contributed by atoms with Gasteiger partial charge in [-0.3, -0.25) is 0 Å². The fraction of sp³-hybridized carbons (Fsp3) is 0.231. The summed E-state index contributed by atoms with van der Waals surface area (Å²) in [7, 11) is 0. The van der Waals surface area contributed by atoms with Crippen molar-refractivity contribution in [3.8, 4) is 5.75 Å². The molecule has 0 unspecified atom stereocenters. The lowest BCUT2D eigenvalue weighted by atomic mass is 10.3. The highest BCUT2D eigenvalue weighted by Gasteiger charge is 2.01. The Morgan fingerprint density at radius 2 is 2.00 bits per heavy atom. The largest absolute Gasteiger partial charge is 0.493 e. The number of hydrogen-bond acceptors (Lipinski definition) is 3. The van der Waals surface area contributed by atoms with E-state index >= 15 is 0 Å². The number of rotatable bonds is 4. The monoisotopic (exact) mass is 248 g/mol. The SMILES string of the molecule is Cc1cnc(CCOc2ccccc2)nc1Cl. The molecule has 0 atom stereocenters. The van der Waals surface area contributed by atoms with Crippen LogP contribution >= 0.6 is 11.6 Å². The van der Waals surface area contributed by atoms with Gasteiger partial charge in [0.05, 0.1) is 6.61 Å². The van der Waals surface area contributed by atoms with Gasteiger partial charge in [0, 0.05) is 18.2 Å². The van der Waals surface area contributed by atoms with Crippen molar-refractivity contribution in [3.05, 3.63) is 53.1 Å². The summed E-state index contributed by atoms with van der Waals surface area (Å²) in [4.78, 5) is 8.37. The third kappa shape index (κ3) is 3.43. The van der Waals surface area contributed by atoms with Gasteiger partial charge < -0.3 is 4.74 Å². The average molecular weight is 249 g/mol.